The standard InChI is InChI=1S/C17H18N6O3/c1-11-4-6-13(7-5-11)10-22-9-8-14(19-22)18-17(24)15-16(23(25)26)12(2)21(3)20-15/h4-9H,10H2,1-3H3,(H,18,19,24). The summed E-state index contributed by atoms with van der Waals surface area (Å²) in [5.41, 5.74) is 2.03. The van der Waals surface area contributed by atoms with Gasteiger partial charge in [0.15, 0.2) is 5.82 Å². The third kappa shape index (κ3) is 3.46. The monoisotopic (exact) mass is 354 g/mol. The van der Waals surface area contributed by atoms with Gasteiger partial charge in [-0.3, -0.25) is 24.3 Å². The molecule has 1 N–H and O–H groups in total. The molecule has 0 radical (unpaired) electrons. The van der Waals surface area contributed by atoms with Crippen LogP contribution < -0.4 is 5.32 Å². The predicted molar refractivity (Wildman–Crippen MR) is 95.1 cm³/mol. The Morgan fingerprint density at radius 3 is 2.54 bits per heavy atom. The maximum Gasteiger partial charge on any atom is 0.322 e. The molecule has 0 aliphatic heterocycles. The van der Waals surface area contributed by atoms with Gasteiger partial charge in [-0.05, 0) is 19.4 Å². The van der Waals surface area contributed by atoms with Crippen molar-refractivity contribution in [3.8, 4) is 0 Å². The van der Waals surface area contributed by atoms with Crippen LogP contribution in [0, 0.1) is 24.0 Å². The summed E-state index contributed by atoms with van der Waals surface area (Å²) >= 11 is 0. The Hall–Kier alpha value is -3.49. The first-order valence-electron chi connectivity index (χ1n) is 7.93. The van der Waals surface area contributed by atoms with E-state index in [4.69, 9.17) is 0 Å². The third-order valence-electron chi connectivity index (χ3n) is 4.05. The number of aromatic nitrogens is 4. The van der Waals surface area contributed by atoms with Crippen molar-refractivity contribution < 1.29 is 9.72 Å². The molecule has 9 nitrogen and oxygen atoms in total. The van der Waals surface area contributed by atoms with Crippen molar-refractivity contribution >= 4 is 17.4 Å². The fourth-order valence-corrected chi connectivity index (χ4v) is 2.54. The summed E-state index contributed by atoms with van der Waals surface area (Å²) in [6.45, 7) is 4.11. The summed E-state index contributed by atoms with van der Waals surface area (Å²) in [4.78, 5) is 23.0. The molecule has 0 aliphatic rings. The summed E-state index contributed by atoms with van der Waals surface area (Å²) in [6.07, 6.45) is 1.73. The van der Waals surface area contributed by atoms with Crippen LogP contribution in [-0.2, 0) is 13.6 Å². The van der Waals surface area contributed by atoms with E-state index in [0.29, 0.717) is 18.1 Å². The van der Waals surface area contributed by atoms with Crippen molar-refractivity contribution in [2.75, 3.05) is 5.32 Å². The second kappa shape index (κ2) is 6.79. The molecule has 2 aromatic heterocycles. The molecule has 0 unspecified atom stereocenters. The van der Waals surface area contributed by atoms with E-state index < -0.39 is 10.8 Å². The van der Waals surface area contributed by atoms with Gasteiger partial charge >= 0.3 is 5.69 Å². The SMILES string of the molecule is Cc1ccc(Cn2ccc(NC(=O)c3nn(C)c(C)c3[N+](=O)[O-])n2)cc1. The van der Waals surface area contributed by atoms with E-state index in [1.54, 1.807) is 24.0 Å². The number of amides is 1. The first-order valence-corrected chi connectivity index (χ1v) is 7.93. The number of anilines is 1. The van der Waals surface area contributed by atoms with Crippen LogP contribution in [0.25, 0.3) is 0 Å². The second-order valence-electron chi connectivity index (χ2n) is 6.00. The predicted octanol–water partition coefficient (Wildman–Crippen LogP) is 2.44. The van der Waals surface area contributed by atoms with Crippen LogP contribution in [0.4, 0.5) is 11.5 Å². The fourth-order valence-electron chi connectivity index (χ4n) is 2.54. The Balaban J connectivity index is 1.75. The molecule has 2 heterocycles. The largest absolute Gasteiger partial charge is 0.322 e. The maximum atomic E-state index is 12.4. The lowest BCUT2D eigenvalue weighted by Crippen LogP contribution is -2.15. The van der Waals surface area contributed by atoms with Gasteiger partial charge in [-0.1, -0.05) is 29.8 Å². The molecule has 0 saturated heterocycles. The van der Waals surface area contributed by atoms with Crippen LogP contribution in [0.15, 0.2) is 36.5 Å². The Morgan fingerprint density at radius 2 is 1.88 bits per heavy atom. The molecule has 0 atom stereocenters. The van der Waals surface area contributed by atoms with Gasteiger partial charge in [-0.25, -0.2) is 0 Å². The number of hydrogen-bond donors (Lipinski definition) is 1. The molecular formula is C17H18N6O3. The normalized spacial score (nSPS) is 10.7. The van der Waals surface area contributed by atoms with E-state index >= 15 is 0 Å². The molecule has 1 aromatic carbocycles. The van der Waals surface area contributed by atoms with E-state index in [1.807, 2.05) is 31.2 Å². The molecule has 1 amide bonds. The number of nitro groups is 1. The van der Waals surface area contributed by atoms with Crippen molar-refractivity contribution in [1.29, 1.82) is 0 Å². The molecule has 0 fully saturated rings. The van der Waals surface area contributed by atoms with E-state index in [9.17, 15) is 14.9 Å². The first kappa shape index (κ1) is 17.3. The van der Waals surface area contributed by atoms with Crippen LogP contribution in [-0.4, -0.2) is 30.4 Å². The lowest BCUT2D eigenvalue weighted by Gasteiger charge is -2.03. The highest BCUT2D eigenvalue weighted by Gasteiger charge is 2.29. The highest BCUT2D eigenvalue weighted by molar-refractivity contribution is 6.05. The minimum absolute atomic E-state index is 0.233. The Labute approximate surface area is 149 Å². The van der Waals surface area contributed by atoms with Crippen molar-refractivity contribution in [3.05, 3.63) is 69.2 Å². The highest BCUT2D eigenvalue weighted by atomic mass is 16.6. The highest BCUT2D eigenvalue weighted by Crippen LogP contribution is 2.22. The lowest BCUT2D eigenvalue weighted by molar-refractivity contribution is -0.385. The molecule has 9 heteroatoms. The summed E-state index contributed by atoms with van der Waals surface area (Å²) in [5, 5.41) is 22.0. The van der Waals surface area contributed by atoms with Gasteiger partial charge in [0.1, 0.15) is 5.69 Å². The molecule has 3 aromatic rings. The molecule has 3 rings (SSSR count). The zero-order valence-corrected chi connectivity index (χ0v) is 14.6. The molecule has 134 valence electrons. The van der Waals surface area contributed by atoms with Crippen molar-refractivity contribution in [2.45, 2.75) is 20.4 Å². The molecule has 26 heavy (non-hydrogen) atoms. The van der Waals surface area contributed by atoms with Crippen molar-refractivity contribution in [3.63, 3.8) is 0 Å². The zero-order valence-electron chi connectivity index (χ0n) is 14.6. The first-order chi connectivity index (χ1) is 12.3. The fraction of sp³-hybridized carbons (Fsp3) is 0.235. The minimum Gasteiger partial charge on any atom is -0.303 e. The van der Waals surface area contributed by atoms with E-state index in [2.05, 4.69) is 15.5 Å². The third-order valence-corrected chi connectivity index (χ3v) is 4.05. The quantitative estimate of drug-likeness (QED) is 0.559. The van der Waals surface area contributed by atoms with Crippen molar-refractivity contribution in [2.24, 2.45) is 7.05 Å². The van der Waals surface area contributed by atoms with Gasteiger partial charge < -0.3 is 5.32 Å². The molecule has 0 spiro atoms. The van der Waals surface area contributed by atoms with Gasteiger partial charge in [0.2, 0.25) is 5.69 Å². The van der Waals surface area contributed by atoms with Gasteiger partial charge in [0.05, 0.1) is 11.5 Å². The van der Waals surface area contributed by atoms with Crippen LogP contribution >= 0.6 is 0 Å². The molecule has 0 aliphatic carbocycles. The minimum atomic E-state index is -0.666. The molecule has 0 saturated carbocycles. The Kier molecular flexibility index (Phi) is 4.53. The maximum absolute atomic E-state index is 12.4. The second-order valence-corrected chi connectivity index (χ2v) is 6.00. The summed E-state index contributed by atoms with van der Waals surface area (Å²) in [5.74, 6) is -0.360. The van der Waals surface area contributed by atoms with Crippen LogP contribution in [0.2, 0.25) is 0 Å². The van der Waals surface area contributed by atoms with Gasteiger partial charge in [0.25, 0.3) is 5.91 Å². The van der Waals surface area contributed by atoms with E-state index in [1.165, 1.54) is 17.2 Å². The zero-order chi connectivity index (χ0) is 18.8. The van der Waals surface area contributed by atoms with E-state index in [0.717, 1.165) is 5.56 Å². The lowest BCUT2D eigenvalue weighted by atomic mass is 10.1. The summed E-state index contributed by atoms with van der Waals surface area (Å²) in [7, 11) is 1.55. The average Bonchev–Trinajstić information content (AvgIpc) is 3.14. The number of aryl methyl sites for hydroxylation is 2. The number of nitrogens with one attached hydrogen (secondary N) is 1. The van der Waals surface area contributed by atoms with Crippen LogP contribution in [0.5, 0.6) is 0 Å². The Bertz CT molecular complexity index is 971. The number of carbonyl (C=O) groups is 1. The molecule has 0 bridgehead atoms. The summed E-state index contributed by atoms with van der Waals surface area (Å²) < 4.78 is 2.99. The number of rotatable bonds is 5. The van der Waals surface area contributed by atoms with Gasteiger partial charge in [-0.2, -0.15) is 10.2 Å². The molecular weight excluding hydrogens is 336 g/mol. The smallest absolute Gasteiger partial charge is 0.303 e. The van der Waals surface area contributed by atoms with Crippen molar-refractivity contribution in [1.82, 2.24) is 19.6 Å². The Morgan fingerprint density at radius 1 is 1.19 bits per heavy atom. The average molecular weight is 354 g/mol. The number of hydrogen-bond acceptors (Lipinski definition) is 5. The van der Waals surface area contributed by atoms with Crippen LogP contribution in [0.1, 0.15) is 27.3 Å². The summed E-state index contributed by atoms with van der Waals surface area (Å²) in [6, 6.07) is 9.69. The number of benzene rings is 1. The van der Waals surface area contributed by atoms with E-state index in [-0.39, 0.29) is 11.4 Å². The topological polar surface area (TPSA) is 108 Å². The number of carbonyl (C=O) groups excluding carboxylic acids is 1. The van der Waals surface area contributed by atoms with Gasteiger partial charge in [0, 0.05) is 19.3 Å². The van der Waals surface area contributed by atoms with Crippen LogP contribution in [0.3, 0.4) is 0 Å². The van der Waals surface area contributed by atoms with Gasteiger partial charge in [-0.15, -0.1) is 0 Å². The number of nitrogens with zero attached hydrogens (tertiary/aromatic N) is 5.